The number of hydrogen-bond acceptors (Lipinski definition) is 5. The van der Waals surface area contributed by atoms with Crippen LogP contribution < -0.4 is 5.73 Å². The SMILES string of the molecule is N[C@@H](Cc1cnc[nH]1)c1nc(-c2ccc(F)cc2)no1. The molecule has 0 aliphatic heterocycles. The van der Waals surface area contributed by atoms with Crippen molar-refractivity contribution >= 4 is 0 Å². The van der Waals surface area contributed by atoms with Crippen molar-refractivity contribution in [1.82, 2.24) is 20.1 Å². The highest BCUT2D eigenvalue weighted by Crippen LogP contribution is 2.19. The van der Waals surface area contributed by atoms with E-state index < -0.39 is 6.04 Å². The van der Waals surface area contributed by atoms with Crippen molar-refractivity contribution in [3.8, 4) is 11.4 Å². The van der Waals surface area contributed by atoms with Gasteiger partial charge in [0.1, 0.15) is 5.82 Å². The van der Waals surface area contributed by atoms with Crippen LogP contribution in [0.2, 0.25) is 0 Å². The molecule has 0 bridgehead atoms. The maximum atomic E-state index is 12.9. The van der Waals surface area contributed by atoms with Crippen LogP contribution in [-0.4, -0.2) is 20.1 Å². The van der Waals surface area contributed by atoms with E-state index in [0.717, 1.165) is 5.69 Å². The highest BCUT2D eigenvalue weighted by Gasteiger charge is 2.16. The van der Waals surface area contributed by atoms with Crippen molar-refractivity contribution in [2.45, 2.75) is 12.5 Å². The number of nitrogens with zero attached hydrogens (tertiary/aromatic N) is 3. The molecule has 0 saturated heterocycles. The minimum Gasteiger partial charge on any atom is -0.348 e. The minimum absolute atomic E-state index is 0.312. The number of rotatable bonds is 4. The molecule has 0 radical (unpaired) electrons. The highest BCUT2D eigenvalue weighted by atomic mass is 19.1. The number of imidazole rings is 1. The zero-order valence-corrected chi connectivity index (χ0v) is 10.5. The van der Waals surface area contributed by atoms with Gasteiger partial charge in [0.15, 0.2) is 0 Å². The van der Waals surface area contributed by atoms with E-state index in [1.165, 1.54) is 12.1 Å². The lowest BCUT2D eigenvalue weighted by Crippen LogP contribution is -2.13. The summed E-state index contributed by atoms with van der Waals surface area (Å²) in [7, 11) is 0. The fraction of sp³-hybridized carbons (Fsp3) is 0.154. The third kappa shape index (κ3) is 2.57. The predicted octanol–water partition coefficient (Wildman–Crippen LogP) is 1.84. The molecule has 6 nitrogen and oxygen atoms in total. The van der Waals surface area contributed by atoms with Crippen LogP contribution in [0.1, 0.15) is 17.6 Å². The summed E-state index contributed by atoms with van der Waals surface area (Å²) in [5.74, 6) is 0.410. The topological polar surface area (TPSA) is 93.6 Å². The second-order valence-corrected chi connectivity index (χ2v) is 4.35. The maximum absolute atomic E-state index is 12.9. The van der Waals surface area contributed by atoms with Crippen LogP contribution in [0.25, 0.3) is 11.4 Å². The normalized spacial score (nSPS) is 12.5. The quantitative estimate of drug-likeness (QED) is 0.756. The average Bonchev–Trinajstić information content (AvgIpc) is 3.10. The van der Waals surface area contributed by atoms with Crippen LogP contribution >= 0.6 is 0 Å². The zero-order valence-electron chi connectivity index (χ0n) is 10.5. The van der Waals surface area contributed by atoms with E-state index in [0.29, 0.717) is 23.7 Å². The van der Waals surface area contributed by atoms with Gasteiger partial charge in [0, 0.05) is 23.9 Å². The molecule has 3 rings (SSSR count). The number of nitrogens with two attached hydrogens (primary N) is 1. The third-order valence-corrected chi connectivity index (χ3v) is 2.86. The van der Waals surface area contributed by atoms with Gasteiger partial charge in [-0.05, 0) is 24.3 Å². The molecular weight excluding hydrogens is 261 g/mol. The van der Waals surface area contributed by atoms with Gasteiger partial charge < -0.3 is 15.2 Å². The summed E-state index contributed by atoms with van der Waals surface area (Å²) in [5, 5.41) is 3.85. The van der Waals surface area contributed by atoms with E-state index in [9.17, 15) is 4.39 Å². The van der Waals surface area contributed by atoms with Crippen LogP contribution in [0, 0.1) is 5.82 Å². The molecule has 0 unspecified atom stereocenters. The fourth-order valence-corrected chi connectivity index (χ4v) is 1.82. The largest absolute Gasteiger partial charge is 0.348 e. The first kappa shape index (κ1) is 12.5. The lowest BCUT2D eigenvalue weighted by molar-refractivity contribution is 0.354. The van der Waals surface area contributed by atoms with Crippen LogP contribution in [0.5, 0.6) is 0 Å². The maximum Gasteiger partial charge on any atom is 0.244 e. The Bertz CT molecular complexity index is 677. The molecule has 0 saturated carbocycles. The van der Waals surface area contributed by atoms with E-state index in [1.54, 1.807) is 24.7 Å². The van der Waals surface area contributed by atoms with Crippen LogP contribution in [0.3, 0.4) is 0 Å². The minimum atomic E-state index is -0.419. The number of halogens is 1. The summed E-state index contributed by atoms with van der Waals surface area (Å²) < 4.78 is 18.0. The number of aromatic amines is 1. The number of hydrogen-bond donors (Lipinski definition) is 2. The fourth-order valence-electron chi connectivity index (χ4n) is 1.82. The molecule has 0 aliphatic carbocycles. The first-order valence-electron chi connectivity index (χ1n) is 6.05. The first-order chi connectivity index (χ1) is 9.72. The molecule has 102 valence electrons. The predicted molar refractivity (Wildman–Crippen MR) is 68.9 cm³/mol. The Kier molecular flexibility index (Phi) is 3.26. The van der Waals surface area contributed by atoms with Gasteiger partial charge in [0.2, 0.25) is 11.7 Å². The van der Waals surface area contributed by atoms with Crippen LogP contribution in [0.4, 0.5) is 4.39 Å². The van der Waals surface area contributed by atoms with Crippen molar-refractivity contribution in [1.29, 1.82) is 0 Å². The summed E-state index contributed by atoms with van der Waals surface area (Å²) in [6.45, 7) is 0. The van der Waals surface area contributed by atoms with E-state index >= 15 is 0 Å². The zero-order chi connectivity index (χ0) is 13.9. The van der Waals surface area contributed by atoms with Gasteiger partial charge in [0.05, 0.1) is 12.4 Å². The van der Waals surface area contributed by atoms with Crippen molar-refractivity contribution < 1.29 is 8.91 Å². The van der Waals surface area contributed by atoms with Gasteiger partial charge >= 0.3 is 0 Å². The summed E-state index contributed by atoms with van der Waals surface area (Å²) >= 11 is 0. The molecule has 1 atom stereocenters. The molecule has 1 aromatic carbocycles. The molecule has 0 amide bonds. The lowest BCUT2D eigenvalue weighted by Gasteiger charge is -2.03. The Balaban J connectivity index is 1.77. The first-order valence-corrected chi connectivity index (χ1v) is 6.05. The second-order valence-electron chi connectivity index (χ2n) is 4.35. The van der Waals surface area contributed by atoms with E-state index in [1.807, 2.05) is 0 Å². The molecule has 0 spiro atoms. The molecule has 7 heteroatoms. The van der Waals surface area contributed by atoms with Crippen molar-refractivity contribution in [3.05, 3.63) is 54.2 Å². The molecule has 2 heterocycles. The molecule has 3 N–H and O–H groups in total. The van der Waals surface area contributed by atoms with Gasteiger partial charge in [-0.1, -0.05) is 5.16 Å². The monoisotopic (exact) mass is 273 g/mol. The summed E-state index contributed by atoms with van der Waals surface area (Å²) in [6, 6.07) is 5.44. The summed E-state index contributed by atoms with van der Waals surface area (Å²) in [5.41, 5.74) is 7.56. The van der Waals surface area contributed by atoms with Gasteiger partial charge in [-0.25, -0.2) is 9.37 Å². The smallest absolute Gasteiger partial charge is 0.244 e. The molecule has 0 fully saturated rings. The highest BCUT2D eigenvalue weighted by molar-refractivity contribution is 5.53. The van der Waals surface area contributed by atoms with Crippen LogP contribution in [0.15, 0.2) is 41.3 Å². The van der Waals surface area contributed by atoms with Gasteiger partial charge in [-0.15, -0.1) is 0 Å². The Labute approximate surface area is 113 Å². The Morgan fingerprint density at radius 2 is 2.10 bits per heavy atom. The van der Waals surface area contributed by atoms with Crippen LogP contribution in [-0.2, 0) is 6.42 Å². The lowest BCUT2D eigenvalue weighted by atomic mass is 10.2. The second kappa shape index (κ2) is 5.22. The molecule has 20 heavy (non-hydrogen) atoms. The Morgan fingerprint density at radius 1 is 1.30 bits per heavy atom. The summed E-state index contributed by atoms with van der Waals surface area (Å²) in [4.78, 5) is 11.1. The van der Waals surface area contributed by atoms with E-state index in [4.69, 9.17) is 10.3 Å². The van der Waals surface area contributed by atoms with Gasteiger partial charge in [-0.2, -0.15) is 4.98 Å². The Hall–Kier alpha value is -2.54. The molecular formula is C13H12FN5O. The average molecular weight is 273 g/mol. The van der Waals surface area contributed by atoms with Gasteiger partial charge in [-0.3, -0.25) is 0 Å². The van der Waals surface area contributed by atoms with Crippen molar-refractivity contribution in [2.24, 2.45) is 5.73 Å². The van der Waals surface area contributed by atoms with E-state index in [2.05, 4.69) is 20.1 Å². The number of nitrogens with one attached hydrogen (secondary N) is 1. The molecule has 3 aromatic rings. The molecule has 0 aliphatic rings. The summed E-state index contributed by atoms with van der Waals surface area (Å²) in [6.07, 6.45) is 3.79. The number of H-pyrrole nitrogens is 1. The Morgan fingerprint density at radius 3 is 2.80 bits per heavy atom. The van der Waals surface area contributed by atoms with Crippen molar-refractivity contribution in [3.63, 3.8) is 0 Å². The third-order valence-electron chi connectivity index (χ3n) is 2.86. The number of aromatic nitrogens is 4. The van der Waals surface area contributed by atoms with Crippen molar-refractivity contribution in [2.75, 3.05) is 0 Å². The van der Waals surface area contributed by atoms with E-state index in [-0.39, 0.29) is 5.82 Å². The standard InChI is InChI=1S/C13H12FN5O/c14-9-3-1-8(2-4-9)12-18-13(20-19-12)11(15)5-10-6-16-7-17-10/h1-4,6-7,11H,5,15H2,(H,16,17)/t11-/m0/s1. The molecule has 2 aromatic heterocycles. The van der Waals surface area contributed by atoms with Gasteiger partial charge in [0.25, 0.3) is 0 Å². The number of benzene rings is 1.